The van der Waals surface area contributed by atoms with Crippen molar-refractivity contribution in [3.8, 4) is 11.5 Å². The topological polar surface area (TPSA) is 70.5 Å². The fourth-order valence-electron chi connectivity index (χ4n) is 1.62. The molecule has 1 aromatic carbocycles. The number of nitrogens with two attached hydrogens (primary N) is 2. The molecule has 0 spiro atoms. The molecule has 0 saturated carbocycles. The van der Waals surface area contributed by atoms with E-state index in [1.165, 1.54) is 0 Å². The third-order valence-corrected chi connectivity index (χ3v) is 2.60. The summed E-state index contributed by atoms with van der Waals surface area (Å²) in [6, 6.07) is 1.83. The summed E-state index contributed by atoms with van der Waals surface area (Å²) in [4.78, 5) is 0. The van der Waals surface area contributed by atoms with Crippen LogP contribution < -0.4 is 20.9 Å². The third-order valence-electron chi connectivity index (χ3n) is 2.60. The number of rotatable bonds is 3. The zero-order chi connectivity index (χ0) is 11.6. The molecule has 0 heterocycles. The van der Waals surface area contributed by atoms with Crippen LogP contribution in [0, 0.1) is 13.8 Å². The van der Waals surface area contributed by atoms with Gasteiger partial charge < -0.3 is 20.9 Å². The molecule has 0 radical (unpaired) electrons. The molecule has 0 unspecified atom stereocenters. The molecule has 0 amide bonds. The van der Waals surface area contributed by atoms with Gasteiger partial charge in [0.15, 0.2) is 0 Å². The molecule has 4 N–H and O–H groups in total. The van der Waals surface area contributed by atoms with E-state index in [1.54, 1.807) is 14.2 Å². The van der Waals surface area contributed by atoms with Crippen molar-refractivity contribution in [2.24, 2.45) is 11.5 Å². The monoisotopic (exact) mass is 210 g/mol. The van der Waals surface area contributed by atoms with Crippen LogP contribution in [0.3, 0.4) is 0 Å². The maximum absolute atomic E-state index is 5.67. The highest BCUT2D eigenvalue weighted by atomic mass is 16.5. The summed E-state index contributed by atoms with van der Waals surface area (Å²) in [5.41, 5.74) is 14.2. The van der Waals surface area contributed by atoms with Crippen molar-refractivity contribution in [3.63, 3.8) is 0 Å². The van der Waals surface area contributed by atoms with Crippen LogP contribution in [0.5, 0.6) is 11.5 Å². The maximum atomic E-state index is 5.67. The molecule has 0 fully saturated rings. The Labute approximate surface area is 90.2 Å². The zero-order valence-electron chi connectivity index (χ0n) is 9.63. The molecular formula is C11H18N2O2. The van der Waals surface area contributed by atoms with Gasteiger partial charge in [0.2, 0.25) is 0 Å². The van der Waals surface area contributed by atoms with E-state index in [0.29, 0.717) is 0 Å². The molecule has 1 rings (SSSR count). The van der Waals surface area contributed by atoms with Gasteiger partial charge in [0.1, 0.15) is 11.5 Å². The molecule has 15 heavy (non-hydrogen) atoms. The zero-order valence-corrected chi connectivity index (χ0v) is 9.63. The van der Waals surface area contributed by atoms with Crippen LogP contribution in [0.25, 0.3) is 0 Å². The lowest BCUT2D eigenvalue weighted by Crippen LogP contribution is -2.21. The van der Waals surface area contributed by atoms with Crippen molar-refractivity contribution in [2.75, 3.05) is 14.2 Å². The molecule has 0 aromatic heterocycles. The largest absolute Gasteiger partial charge is 0.496 e. The van der Waals surface area contributed by atoms with Gasteiger partial charge in [0.25, 0.3) is 0 Å². The lowest BCUT2D eigenvalue weighted by atomic mass is 10.0. The van der Waals surface area contributed by atoms with Crippen molar-refractivity contribution < 1.29 is 9.47 Å². The standard InChI is InChI=1S/C11H18N2O2/c1-6-7(2)10(15-4)8(11(12)13)5-9(6)14-3/h5,11H,12-13H2,1-4H3. The van der Waals surface area contributed by atoms with E-state index < -0.39 is 6.17 Å². The van der Waals surface area contributed by atoms with Crippen LogP contribution in [0.4, 0.5) is 0 Å². The summed E-state index contributed by atoms with van der Waals surface area (Å²) in [5, 5.41) is 0. The average Bonchev–Trinajstić information content (AvgIpc) is 2.21. The molecule has 0 bridgehead atoms. The van der Waals surface area contributed by atoms with Crippen molar-refractivity contribution in [1.82, 2.24) is 0 Å². The summed E-state index contributed by atoms with van der Waals surface area (Å²) in [6.45, 7) is 3.94. The fourth-order valence-corrected chi connectivity index (χ4v) is 1.62. The third kappa shape index (κ3) is 2.06. The van der Waals surface area contributed by atoms with Gasteiger partial charge in [-0.2, -0.15) is 0 Å². The van der Waals surface area contributed by atoms with Gasteiger partial charge in [0, 0.05) is 5.56 Å². The van der Waals surface area contributed by atoms with Crippen molar-refractivity contribution in [2.45, 2.75) is 20.0 Å². The first-order chi connectivity index (χ1) is 7.02. The Morgan fingerprint density at radius 1 is 1.07 bits per heavy atom. The summed E-state index contributed by atoms with van der Waals surface area (Å²) < 4.78 is 10.6. The van der Waals surface area contributed by atoms with Crippen LogP contribution in [0.15, 0.2) is 6.07 Å². The number of ether oxygens (including phenoxy) is 2. The van der Waals surface area contributed by atoms with Gasteiger partial charge in [-0.05, 0) is 31.0 Å². The van der Waals surface area contributed by atoms with Gasteiger partial charge in [-0.15, -0.1) is 0 Å². The first kappa shape index (κ1) is 11.8. The molecule has 84 valence electrons. The Balaban J connectivity index is 3.44. The second-order valence-electron chi connectivity index (χ2n) is 3.48. The predicted molar refractivity (Wildman–Crippen MR) is 60.1 cm³/mol. The Bertz CT molecular complexity index is 362. The van der Waals surface area contributed by atoms with E-state index in [9.17, 15) is 0 Å². The summed E-state index contributed by atoms with van der Waals surface area (Å²) >= 11 is 0. The molecule has 0 aliphatic carbocycles. The highest BCUT2D eigenvalue weighted by Crippen LogP contribution is 2.34. The summed E-state index contributed by atoms with van der Waals surface area (Å²) in [7, 11) is 3.24. The van der Waals surface area contributed by atoms with Crippen LogP contribution >= 0.6 is 0 Å². The SMILES string of the molecule is COc1cc(C(N)N)c(OC)c(C)c1C. The Morgan fingerprint density at radius 2 is 1.67 bits per heavy atom. The Hall–Kier alpha value is -1.26. The molecule has 1 aromatic rings. The molecule has 0 saturated heterocycles. The highest BCUT2D eigenvalue weighted by Gasteiger charge is 2.16. The van der Waals surface area contributed by atoms with Crippen molar-refractivity contribution in [1.29, 1.82) is 0 Å². The van der Waals surface area contributed by atoms with Crippen molar-refractivity contribution >= 4 is 0 Å². The van der Waals surface area contributed by atoms with Crippen LogP contribution in [0.2, 0.25) is 0 Å². The number of benzene rings is 1. The van der Waals surface area contributed by atoms with Crippen LogP contribution in [-0.4, -0.2) is 14.2 Å². The van der Waals surface area contributed by atoms with Gasteiger partial charge in [-0.3, -0.25) is 0 Å². The maximum Gasteiger partial charge on any atom is 0.128 e. The highest BCUT2D eigenvalue weighted by molar-refractivity contribution is 5.53. The minimum absolute atomic E-state index is 0.562. The molecule has 4 heteroatoms. The van der Waals surface area contributed by atoms with E-state index in [1.807, 2.05) is 19.9 Å². The van der Waals surface area contributed by atoms with Crippen LogP contribution in [0.1, 0.15) is 22.9 Å². The first-order valence-electron chi connectivity index (χ1n) is 4.76. The average molecular weight is 210 g/mol. The molecule has 4 nitrogen and oxygen atoms in total. The van der Waals surface area contributed by atoms with Gasteiger partial charge in [-0.25, -0.2) is 0 Å². The normalized spacial score (nSPS) is 10.6. The van der Waals surface area contributed by atoms with E-state index >= 15 is 0 Å². The van der Waals surface area contributed by atoms with Gasteiger partial charge in [-0.1, -0.05) is 0 Å². The van der Waals surface area contributed by atoms with Crippen LogP contribution in [-0.2, 0) is 0 Å². The van der Waals surface area contributed by atoms with Gasteiger partial charge >= 0.3 is 0 Å². The molecule has 0 atom stereocenters. The first-order valence-corrected chi connectivity index (χ1v) is 4.76. The second kappa shape index (κ2) is 4.51. The summed E-state index contributed by atoms with van der Waals surface area (Å²) in [6.07, 6.45) is -0.562. The van der Waals surface area contributed by atoms with E-state index in [4.69, 9.17) is 20.9 Å². The van der Waals surface area contributed by atoms with E-state index in [-0.39, 0.29) is 0 Å². The molecule has 0 aliphatic rings. The summed E-state index contributed by atoms with van der Waals surface area (Å²) in [5.74, 6) is 1.52. The smallest absolute Gasteiger partial charge is 0.128 e. The quantitative estimate of drug-likeness (QED) is 0.736. The Morgan fingerprint density at radius 3 is 2.07 bits per heavy atom. The lowest BCUT2D eigenvalue weighted by molar-refractivity contribution is 0.390. The minimum Gasteiger partial charge on any atom is -0.496 e. The predicted octanol–water partition coefficient (Wildman–Crippen LogP) is 1.24. The molecular weight excluding hydrogens is 192 g/mol. The van der Waals surface area contributed by atoms with E-state index in [0.717, 1.165) is 28.2 Å². The number of hydrogen-bond acceptors (Lipinski definition) is 4. The fraction of sp³-hybridized carbons (Fsp3) is 0.455. The Kier molecular flexibility index (Phi) is 3.55. The number of hydrogen-bond donors (Lipinski definition) is 2. The second-order valence-corrected chi connectivity index (χ2v) is 3.48. The minimum atomic E-state index is -0.562. The number of methoxy groups -OCH3 is 2. The lowest BCUT2D eigenvalue weighted by Gasteiger charge is -2.18. The van der Waals surface area contributed by atoms with E-state index in [2.05, 4.69) is 0 Å². The molecule has 0 aliphatic heterocycles. The van der Waals surface area contributed by atoms with Crippen molar-refractivity contribution in [3.05, 3.63) is 22.8 Å². The van der Waals surface area contributed by atoms with Gasteiger partial charge in [0.05, 0.1) is 20.4 Å².